The van der Waals surface area contributed by atoms with Gasteiger partial charge in [-0.3, -0.25) is 14.4 Å². The Morgan fingerprint density at radius 2 is 1.93 bits per heavy atom. The van der Waals surface area contributed by atoms with Crippen molar-refractivity contribution in [2.24, 2.45) is 5.92 Å². The number of carbonyl (C=O) groups is 2. The normalized spacial score (nSPS) is 17.5. The zero-order valence-corrected chi connectivity index (χ0v) is 15.6. The molecule has 2 atom stereocenters. The van der Waals surface area contributed by atoms with Crippen molar-refractivity contribution in [3.63, 3.8) is 0 Å². The summed E-state index contributed by atoms with van der Waals surface area (Å²) in [5.41, 5.74) is 0.313. The first-order valence-electron chi connectivity index (χ1n) is 9.18. The summed E-state index contributed by atoms with van der Waals surface area (Å²) in [4.78, 5) is 45.3. The zero-order valence-electron chi connectivity index (χ0n) is 15.6. The number of rotatable bonds is 4. The Balaban J connectivity index is 1.49. The number of benzene rings is 2. The van der Waals surface area contributed by atoms with Crippen LogP contribution >= 0.6 is 0 Å². The Morgan fingerprint density at radius 1 is 1.21 bits per heavy atom. The Labute approximate surface area is 165 Å². The van der Waals surface area contributed by atoms with Gasteiger partial charge in [-0.05, 0) is 31.2 Å². The van der Waals surface area contributed by atoms with Gasteiger partial charge < -0.3 is 14.6 Å². The number of nitrogens with one attached hydrogen (secondary N) is 1. The number of hydrogen-bond donors (Lipinski definition) is 1. The van der Waals surface area contributed by atoms with Crippen molar-refractivity contribution in [1.29, 1.82) is 0 Å². The highest BCUT2D eigenvalue weighted by atomic mass is 19.1. The average Bonchev–Trinajstić information content (AvgIpc) is 3.10. The number of esters is 1. The highest BCUT2D eigenvalue weighted by Gasteiger charge is 2.37. The third-order valence-corrected chi connectivity index (χ3v) is 4.91. The number of para-hydroxylation sites is 2. The van der Waals surface area contributed by atoms with Gasteiger partial charge in [-0.1, -0.05) is 24.3 Å². The molecule has 0 spiro atoms. The van der Waals surface area contributed by atoms with Gasteiger partial charge in [-0.25, -0.2) is 9.37 Å². The first kappa shape index (κ1) is 18.8. The molecule has 3 aromatic rings. The van der Waals surface area contributed by atoms with Crippen LogP contribution in [0.4, 0.5) is 10.1 Å². The van der Waals surface area contributed by atoms with E-state index < -0.39 is 23.8 Å². The Bertz CT molecular complexity index is 1160. The van der Waals surface area contributed by atoms with E-state index in [9.17, 15) is 18.8 Å². The number of nitrogens with zero attached hydrogens (tertiary/aromatic N) is 2. The number of aromatic nitrogens is 2. The van der Waals surface area contributed by atoms with Crippen LogP contribution in [-0.4, -0.2) is 28.4 Å². The summed E-state index contributed by atoms with van der Waals surface area (Å²) in [5, 5.41) is 0.441. The van der Waals surface area contributed by atoms with Gasteiger partial charge in [0, 0.05) is 13.0 Å². The van der Waals surface area contributed by atoms with E-state index in [2.05, 4.69) is 9.97 Å². The minimum atomic E-state index is -0.808. The zero-order chi connectivity index (χ0) is 20.5. The highest BCUT2D eigenvalue weighted by Crippen LogP contribution is 2.29. The van der Waals surface area contributed by atoms with Gasteiger partial charge in [-0.2, -0.15) is 0 Å². The maximum Gasteiger partial charge on any atom is 0.311 e. The average molecular weight is 395 g/mol. The standard InChI is InChI=1S/C21H18FN3O4/c1-12(19-23-16-8-4-2-6-14(16)20(27)24-19)29-21(28)13-10-18(26)25(11-13)17-9-5-3-7-15(17)22/h2-9,12-13H,10-11H2,1H3,(H,23,24,27)/t12-,13+/m1/s1. The maximum atomic E-state index is 14.0. The van der Waals surface area contributed by atoms with Crippen LogP contribution in [0.25, 0.3) is 10.9 Å². The van der Waals surface area contributed by atoms with Crippen LogP contribution in [-0.2, 0) is 14.3 Å². The van der Waals surface area contributed by atoms with Crippen molar-refractivity contribution >= 4 is 28.5 Å². The first-order chi connectivity index (χ1) is 13.9. The second-order valence-electron chi connectivity index (χ2n) is 6.90. The van der Waals surface area contributed by atoms with Crippen LogP contribution in [0.3, 0.4) is 0 Å². The van der Waals surface area contributed by atoms with Crippen molar-refractivity contribution in [3.05, 3.63) is 70.5 Å². The number of H-pyrrole nitrogens is 1. The third-order valence-electron chi connectivity index (χ3n) is 4.91. The molecule has 1 saturated heterocycles. The lowest BCUT2D eigenvalue weighted by Gasteiger charge is -2.18. The number of halogens is 1. The molecular weight excluding hydrogens is 377 g/mol. The van der Waals surface area contributed by atoms with Gasteiger partial charge in [0.25, 0.3) is 5.56 Å². The highest BCUT2D eigenvalue weighted by molar-refractivity contribution is 5.99. The number of fused-ring (bicyclic) bond motifs is 1. The monoisotopic (exact) mass is 395 g/mol. The van der Waals surface area contributed by atoms with Crippen LogP contribution in [0.1, 0.15) is 25.3 Å². The lowest BCUT2D eigenvalue weighted by molar-refractivity contribution is -0.153. The van der Waals surface area contributed by atoms with Gasteiger partial charge in [0.15, 0.2) is 11.9 Å². The summed E-state index contributed by atoms with van der Waals surface area (Å²) in [7, 11) is 0. The third kappa shape index (κ3) is 3.61. The predicted octanol–water partition coefficient (Wildman–Crippen LogP) is 2.72. The number of aromatic amines is 1. The van der Waals surface area contributed by atoms with Crippen LogP contribution in [0.2, 0.25) is 0 Å². The number of ether oxygens (including phenoxy) is 1. The molecule has 0 aliphatic carbocycles. The van der Waals surface area contributed by atoms with Crippen molar-refractivity contribution in [2.45, 2.75) is 19.4 Å². The van der Waals surface area contributed by atoms with E-state index >= 15 is 0 Å². The van der Waals surface area contributed by atoms with Gasteiger partial charge in [0.2, 0.25) is 5.91 Å². The summed E-state index contributed by atoms with van der Waals surface area (Å²) < 4.78 is 19.4. The van der Waals surface area contributed by atoms with E-state index in [1.165, 1.54) is 23.1 Å². The summed E-state index contributed by atoms with van der Waals surface area (Å²) in [5.74, 6) is -1.97. The predicted molar refractivity (Wildman–Crippen MR) is 104 cm³/mol. The molecule has 4 rings (SSSR count). The molecule has 0 unspecified atom stereocenters. The largest absolute Gasteiger partial charge is 0.454 e. The minimum absolute atomic E-state index is 0.0347. The molecule has 0 saturated carbocycles. The molecule has 1 N–H and O–H groups in total. The molecule has 1 aliphatic heterocycles. The summed E-state index contributed by atoms with van der Waals surface area (Å²) in [6.45, 7) is 1.63. The van der Waals surface area contributed by atoms with E-state index in [0.29, 0.717) is 10.9 Å². The van der Waals surface area contributed by atoms with Crippen molar-refractivity contribution in [3.8, 4) is 0 Å². The Hall–Kier alpha value is -3.55. The van der Waals surface area contributed by atoms with Crippen molar-refractivity contribution < 1.29 is 18.7 Å². The summed E-state index contributed by atoms with van der Waals surface area (Å²) in [6, 6.07) is 12.8. The van der Waals surface area contributed by atoms with Crippen molar-refractivity contribution in [1.82, 2.24) is 9.97 Å². The number of anilines is 1. The molecule has 1 aromatic heterocycles. The van der Waals surface area contributed by atoms with E-state index in [4.69, 9.17) is 4.74 Å². The van der Waals surface area contributed by atoms with Gasteiger partial charge >= 0.3 is 5.97 Å². The van der Waals surface area contributed by atoms with Crippen molar-refractivity contribution in [2.75, 3.05) is 11.4 Å². The minimum Gasteiger partial charge on any atom is -0.454 e. The molecule has 8 heteroatoms. The fraction of sp³-hybridized carbons (Fsp3) is 0.238. The maximum absolute atomic E-state index is 14.0. The second kappa shape index (κ2) is 7.46. The summed E-state index contributed by atoms with van der Waals surface area (Å²) in [6.07, 6.45) is -0.876. The fourth-order valence-electron chi connectivity index (χ4n) is 3.39. The molecule has 1 fully saturated rings. The molecule has 29 heavy (non-hydrogen) atoms. The molecule has 148 valence electrons. The summed E-state index contributed by atoms with van der Waals surface area (Å²) >= 11 is 0. The lowest BCUT2D eigenvalue weighted by atomic mass is 10.1. The second-order valence-corrected chi connectivity index (χ2v) is 6.90. The molecule has 7 nitrogen and oxygen atoms in total. The van der Waals surface area contributed by atoms with Crippen LogP contribution in [0.15, 0.2) is 53.3 Å². The van der Waals surface area contributed by atoms with Crippen LogP contribution in [0.5, 0.6) is 0 Å². The van der Waals surface area contributed by atoms with E-state index in [0.717, 1.165) is 0 Å². The lowest BCUT2D eigenvalue weighted by Crippen LogP contribution is -2.27. The molecule has 1 aliphatic rings. The SMILES string of the molecule is C[C@@H](OC(=O)[C@H]1CC(=O)N(c2ccccc2F)C1)c1nc2ccccc2c(=O)[nH]1. The molecule has 2 aromatic carbocycles. The van der Waals surface area contributed by atoms with E-state index in [1.807, 2.05) is 0 Å². The van der Waals surface area contributed by atoms with Gasteiger partial charge in [0.05, 0.1) is 22.5 Å². The molecule has 0 bridgehead atoms. The Kier molecular flexibility index (Phi) is 4.84. The number of carbonyl (C=O) groups excluding carboxylic acids is 2. The fourth-order valence-corrected chi connectivity index (χ4v) is 3.39. The van der Waals surface area contributed by atoms with Crippen LogP contribution < -0.4 is 10.5 Å². The first-order valence-corrected chi connectivity index (χ1v) is 9.18. The topological polar surface area (TPSA) is 92.4 Å². The molecule has 0 radical (unpaired) electrons. The quantitative estimate of drug-likeness (QED) is 0.686. The smallest absolute Gasteiger partial charge is 0.311 e. The molecule has 1 amide bonds. The van der Waals surface area contributed by atoms with E-state index in [-0.39, 0.29) is 35.9 Å². The number of hydrogen-bond acceptors (Lipinski definition) is 5. The van der Waals surface area contributed by atoms with E-state index in [1.54, 1.807) is 37.3 Å². The van der Waals surface area contributed by atoms with Gasteiger partial charge in [0.1, 0.15) is 5.82 Å². The molecular formula is C21H18FN3O4. The molecule has 2 heterocycles. The van der Waals surface area contributed by atoms with Gasteiger partial charge in [-0.15, -0.1) is 0 Å². The van der Waals surface area contributed by atoms with Crippen LogP contribution in [0, 0.1) is 11.7 Å². The number of amides is 1. The Morgan fingerprint density at radius 3 is 2.72 bits per heavy atom.